The van der Waals surface area contributed by atoms with Crippen molar-refractivity contribution in [2.45, 2.75) is 84.3 Å². The standard InChI is InChI=1S/C18H31NO6/c1-6-17(4,7-2)23-11-12-24-18(5,8-3)13-16(22)25-19-14(20)9-10-15(19)21/h6-13H2,1-5H3. The van der Waals surface area contributed by atoms with E-state index in [9.17, 15) is 14.4 Å². The van der Waals surface area contributed by atoms with Gasteiger partial charge in [-0.05, 0) is 33.1 Å². The second kappa shape index (κ2) is 9.29. The van der Waals surface area contributed by atoms with E-state index < -0.39 is 23.4 Å². The van der Waals surface area contributed by atoms with Gasteiger partial charge < -0.3 is 14.3 Å². The highest BCUT2D eigenvalue weighted by atomic mass is 16.7. The number of ether oxygens (including phenoxy) is 2. The van der Waals surface area contributed by atoms with Crippen molar-refractivity contribution >= 4 is 17.8 Å². The van der Waals surface area contributed by atoms with Crippen molar-refractivity contribution in [2.24, 2.45) is 0 Å². The van der Waals surface area contributed by atoms with Crippen LogP contribution < -0.4 is 0 Å². The van der Waals surface area contributed by atoms with Crippen molar-refractivity contribution in [3.8, 4) is 0 Å². The lowest BCUT2D eigenvalue weighted by Gasteiger charge is -2.30. The lowest BCUT2D eigenvalue weighted by atomic mass is 9.99. The van der Waals surface area contributed by atoms with Crippen LogP contribution >= 0.6 is 0 Å². The topological polar surface area (TPSA) is 82.1 Å². The van der Waals surface area contributed by atoms with E-state index in [1.165, 1.54) is 0 Å². The number of hydroxylamine groups is 2. The van der Waals surface area contributed by atoms with Gasteiger partial charge in [-0.1, -0.05) is 20.8 Å². The SMILES string of the molecule is CCC(C)(CC)OCCOC(C)(CC)CC(=O)ON1C(=O)CCC1=O. The van der Waals surface area contributed by atoms with Crippen LogP contribution in [0.4, 0.5) is 0 Å². The maximum atomic E-state index is 12.1. The Labute approximate surface area is 149 Å². The number of amides is 2. The van der Waals surface area contributed by atoms with Crippen LogP contribution in [0.3, 0.4) is 0 Å². The zero-order valence-corrected chi connectivity index (χ0v) is 16.1. The predicted molar refractivity (Wildman–Crippen MR) is 91.4 cm³/mol. The van der Waals surface area contributed by atoms with E-state index in [2.05, 4.69) is 20.8 Å². The van der Waals surface area contributed by atoms with Gasteiger partial charge in [0.1, 0.15) is 0 Å². The van der Waals surface area contributed by atoms with Gasteiger partial charge in [0.25, 0.3) is 11.8 Å². The third-order valence-corrected chi connectivity index (χ3v) is 4.95. The van der Waals surface area contributed by atoms with Crippen LogP contribution in [0, 0.1) is 0 Å². The molecule has 1 fully saturated rings. The fourth-order valence-corrected chi connectivity index (χ4v) is 2.41. The zero-order chi connectivity index (χ0) is 19.1. The Bertz CT molecular complexity index is 472. The zero-order valence-electron chi connectivity index (χ0n) is 16.1. The molecule has 1 rings (SSSR count). The average molecular weight is 357 g/mol. The van der Waals surface area contributed by atoms with Gasteiger partial charge in [0.15, 0.2) is 0 Å². The Kier molecular flexibility index (Phi) is 8.02. The minimum atomic E-state index is -0.735. The molecule has 1 saturated heterocycles. The second-order valence-corrected chi connectivity index (χ2v) is 6.88. The molecule has 0 aromatic rings. The molecule has 0 aliphatic carbocycles. The lowest BCUT2D eigenvalue weighted by molar-refractivity contribution is -0.201. The summed E-state index contributed by atoms with van der Waals surface area (Å²) in [4.78, 5) is 40.0. The third kappa shape index (κ3) is 6.40. The van der Waals surface area contributed by atoms with Crippen molar-refractivity contribution in [3.05, 3.63) is 0 Å². The highest BCUT2D eigenvalue weighted by molar-refractivity contribution is 6.01. The van der Waals surface area contributed by atoms with Crippen LogP contribution in [0.2, 0.25) is 0 Å². The molecule has 2 amide bonds. The number of hydrogen-bond acceptors (Lipinski definition) is 6. The minimum Gasteiger partial charge on any atom is -0.373 e. The summed E-state index contributed by atoms with van der Waals surface area (Å²) in [7, 11) is 0. The first-order valence-electron chi connectivity index (χ1n) is 9.03. The van der Waals surface area contributed by atoms with E-state index in [1.54, 1.807) is 6.92 Å². The molecule has 7 heteroatoms. The fraction of sp³-hybridized carbons (Fsp3) is 0.833. The highest BCUT2D eigenvalue weighted by Crippen LogP contribution is 2.23. The molecule has 0 N–H and O–H groups in total. The van der Waals surface area contributed by atoms with Gasteiger partial charge in [-0.3, -0.25) is 9.59 Å². The molecule has 7 nitrogen and oxygen atoms in total. The molecule has 1 aliphatic heterocycles. The van der Waals surface area contributed by atoms with Gasteiger partial charge in [0, 0.05) is 12.8 Å². The third-order valence-electron chi connectivity index (χ3n) is 4.95. The predicted octanol–water partition coefficient (Wildman–Crippen LogP) is 2.76. The Balaban J connectivity index is 2.45. The van der Waals surface area contributed by atoms with Crippen LogP contribution in [0.5, 0.6) is 0 Å². The van der Waals surface area contributed by atoms with Gasteiger partial charge in [-0.15, -0.1) is 5.06 Å². The molecule has 144 valence electrons. The molecule has 1 heterocycles. The van der Waals surface area contributed by atoms with Crippen LogP contribution in [0.15, 0.2) is 0 Å². The largest absolute Gasteiger partial charge is 0.373 e. The normalized spacial score (nSPS) is 17.7. The van der Waals surface area contributed by atoms with Gasteiger partial charge >= 0.3 is 5.97 Å². The number of carbonyl (C=O) groups is 3. The van der Waals surface area contributed by atoms with Crippen LogP contribution in [-0.4, -0.2) is 47.3 Å². The monoisotopic (exact) mass is 357 g/mol. The van der Waals surface area contributed by atoms with E-state index in [0.717, 1.165) is 12.8 Å². The maximum Gasteiger partial charge on any atom is 0.336 e. The Morgan fingerprint density at radius 3 is 1.80 bits per heavy atom. The molecule has 0 saturated carbocycles. The van der Waals surface area contributed by atoms with E-state index in [0.29, 0.717) is 24.7 Å². The molecule has 0 radical (unpaired) electrons. The maximum absolute atomic E-state index is 12.1. The number of imide groups is 1. The molecule has 1 unspecified atom stereocenters. The number of carbonyl (C=O) groups excluding carboxylic acids is 3. The van der Waals surface area contributed by atoms with Crippen LogP contribution in [0.25, 0.3) is 0 Å². The smallest absolute Gasteiger partial charge is 0.336 e. The Hall–Kier alpha value is -1.47. The quantitative estimate of drug-likeness (QED) is 0.418. The molecule has 0 spiro atoms. The summed E-state index contributed by atoms with van der Waals surface area (Å²) in [6.45, 7) is 10.7. The summed E-state index contributed by atoms with van der Waals surface area (Å²) in [6, 6.07) is 0. The molecule has 0 aromatic heterocycles. The minimum absolute atomic E-state index is 0.0423. The summed E-state index contributed by atoms with van der Waals surface area (Å²) in [5.41, 5.74) is -0.900. The summed E-state index contributed by atoms with van der Waals surface area (Å²) >= 11 is 0. The number of rotatable bonds is 11. The first kappa shape index (κ1) is 21.6. The molecule has 0 bridgehead atoms. The number of hydrogen-bond donors (Lipinski definition) is 0. The fourth-order valence-electron chi connectivity index (χ4n) is 2.41. The van der Waals surface area contributed by atoms with E-state index in [-0.39, 0.29) is 24.9 Å². The van der Waals surface area contributed by atoms with E-state index in [1.807, 2.05) is 6.92 Å². The van der Waals surface area contributed by atoms with Crippen molar-refractivity contribution < 1.29 is 28.7 Å². The van der Waals surface area contributed by atoms with Gasteiger partial charge in [0.05, 0.1) is 30.8 Å². The van der Waals surface area contributed by atoms with Gasteiger partial charge in [-0.2, -0.15) is 0 Å². The van der Waals surface area contributed by atoms with Gasteiger partial charge in [-0.25, -0.2) is 4.79 Å². The highest BCUT2D eigenvalue weighted by Gasteiger charge is 2.35. The summed E-state index contributed by atoms with van der Waals surface area (Å²) in [5, 5.41) is 0.565. The van der Waals surface area contributed by atoms with Crippen molar-refractivity contribution in [1.82, 2.24) is 5.06 Å². The molecular weight excluding hydrogens is 326 g/mol. The van der Waals surface area contributed by atoms with Crippen LogP contribution in [-0.2, 0) is 28.7 Å². The molecule has 1 atom stereocenters. The van der Waals surface area contributed by atoms with Crippen LogP contribution in [0.1, 0.15) is 73.1 Å². The van der Waals surface area contributed by atoms with Crippen molar-refractivity contribution in [1.29, 1.82) is 0 Å². The molecule has 25 heavy (non-hydrogen) atoms. The Morgan fingerprint density at radius 2 is 1.36 bits per heavy atom. The van der Waals surface area contributed by atoms with E-state index in [4.69, 9.17) is 14.3 Å². The number of nitrogens with zero attached hydrogens (tertiary/aromatic N) is 1. The molecular formula is C18H31NO6. The Morgan fingerprint density at radius 1 is 0.920 bits per heavy atom. The average Bonchev–Trinajstić information content (AvgIpc) is 2.90. The second-order valence-electron chi connectivity index (χ2n) is 6.88. The molecule has 1 aliphatic rings. The van der Waals surface area contributed by atoms with Gasteiger partial charge in [0.2, 0.25) is 0 Å². The van der Waals surface area contributed by atoms with E-state index >= 15 is 0 Å². The summed E-state index contributed by atoms with van der Waals surface area (Å²) in [6.07, 6.45) is 2.54. The molecule has 0 aromatic carbocycles. The first-order chi connectivity index (χ1) is 11.7. The lowest BCUT2D eigenvalue weighted by Crippen LogP contribution is -2.38. The summed E-state index contributed by atoms with van der Waals surface area (Å²) in [5.74, 6) is -1.62. The summed E-state index contributed by atoms with van der Waals surface area (Å²) < 4.78 is 11.7. The first-order valence-corrected chi connectivity index (χ1v) is 9.03. The van der Waals surface area contributed by atoms with Crippen molar-refractivity contribution in [2.75, 3.05) is 13.2 Å². The van der Waals surface area contributed by atoms with Crippen molar-refractivity contribution in [3.63, 3.8) is 0 Å².